The lowest BCUT2D eigenvalue weighted by molar-refractivity contribution is 0.211. The lowest BCUT2D eigenvalue weighted by Gasteiger charge is -2.18. The second-order valence-corrected chi connectivity index (χ2v) is 4.52. The van der Waals surface area contributed by atoms with Crippen molar-refractivity contribution in [2.45, 2.75) is 27.2 Å². The molecule has 0 fully saturated rings. The molecule has 1 N–H and O–H groups in total. The fourth-order valence-electron chi connectivity index (χ4n) is 1.86. The summed E-state index contributed by atoms with van der Waals surface area (Å²) in [7, 11) is 3.47. The molecule has 1 aromatic carbocycles. The fraction of sp³-hybridized carbons (Fsp3) is 0.500. The molecule has 0 atom stereocenters. The molecule has 94 valence electrons. The van der Waals surface area contributed by atoms with Gasteiger partial charge in [-0.15, -0.1) is 0 Å². The van der Waals surface area contributed by atoms with Crippen LogP contribution in [0.2, 0.25) is 0 Å². The molecule has 0 radical (unpaired) electrons. The van der Waals surface area contributed by atoms with Crippen LogP contribution in [-0.2, 0) is 6.42 Å². The van der Waals surface area contributed by atoms with Crippen LogP contribution in [0, 0.1) is 20.8 Å². The quantitative estimate of drug-likeness (QED) is 0.856. The Morgan fingerprint density at radius 1 is 1.24 bits per heavy atom. The first-order valence-corrected chi connectivity index (χ1v) is 5.96. The van der Waals surface area contributed by atoms with Crippen molar-refractivity contribution in [2.75, 3.05) is 20.6 Å². The van der Waals surface area contributed by atoms with Gasteiger partial charge in [0, 0.05) is 20.6 Å². The van der Waals surface area contributed by atoms with Crippen LogP contribution in [-0.4, -0.2) is 31.6 Å². The molecule has 0 bridgehead atoms. The summed E-state index contributed by atoms with van der Waals surface area (Å²) >= 11 is 0. The molecule has 17 heavy (non-hydrogen) atoms. The molecule has 0 aromatic heterocycles. The number of nitrogens with zero attached hydrogens (tertiary/aromatic N) is 1. The van der Waals surface area contributed by atoms with Gasteiger partial charge in [0.05, 0.1) is 0 Å². The highest BCUT2D eigenvalue weighted by atomic mass is 16.2. The average Bonchev–Trinajstić information content (AvgIpc) is 2.33. The highest BCUT2D eigenvalue weighted by Crippen LogP contribution is 2.17. The largest absolute Gasteiger partial charge is 0.341 e. The Labute approximate surface area is 104 Å². The van der Waals surface area contributed by atoms with E-state index >= 15 is 0 Å². The van der Waals surface area contributed by atoms with Crippen molar-refractivity contribution >= 4 is 6.03 Å². The zero-order valence-corrected chi connectivity index (χ0v) is 11.4. The van der Waals surface area contributed by atoms with Crippen molar-refractivity contribution < 1.29 is 4.79 Å². The van der Waals surface area contributed by atoms with Crippen molar-refractivity contribution in [3.63, 3.8) is 0 Å². The maximum atomic E-state index is 11.4. The van der Waals surface area contributed by atoms with E-state index in [0.29, 0.717) is 0 Å². The number of carbonyl (C=O) groups excluding carboxylic acids is 1. The Balaban J connectivity index is 2.70. The predicted molar refractivity (Wildman–Crippen MR) is 71.4 cm³/mol. The predicted octanol–water partition coefficient (Wildman–Crippen LogP) is 2.43. The first-order chi connectivity index (χ1) is 7.97. The highest BCUT2D eigenvalue weighted by molar-refractivity contribution is 5.73. The van der Waals surface area contributed by atoms with E-state index in [9.17, 15) is 4.79 Å². The second-order valence-electron chi connectivity index (χ2n) is 4.52. The SMILES string of the molecule is CNC(=O)N(C)CCc1ccc(C)c(C)c1C. The zero-order valence-electron chi connectivity index (χ0n) is 11.4. The first-order valence-electron chi connectivity index (χ1n) is 5.96. The number of urea groups is 1. The molecular formula is C14H22N2O. The van der Waals surface area contributed by atoms with Gasteiger partial charge in [-0.3, -0.25) is 0 Å². The smallest absolute Gasteiger partial charge is 0.316 e. The lowest BCUT2D eigenvalue weighted by Crippen LogP contribution is -2.36. The molecule has 0 unspecified atom stereocenters. The van der Waals surface area contributed by atoms with E-state index in [0.717, 1.165) is 13.0 Å². The first kappa shape index (κ1) is 13.6. The zero-order chi connectivity index (χ0) is 13.0. The van der Waals surface area contributed by atoms with Gasteiger partial charge in [0.15, 0.2) is 0 Å². The molecule has 3 nitrogen and oxygen atoms in total. The van der Waals surface area contributed by atoms with Crippen LogP contribution in [0.15, 0.2) is 12.1 Å². The maximum absolute atomic E-state index is 11.4. The van der Waals surface area contributed by atoms with Crippen LogP contribution in [0.1, 0.15) is 22.3 Å². The van der Waals surface area contributed by atoms with Gasteiger partial charge in [0.2, 0.25) is 0 Å². The standard InChI is InChI=1S/C14H22N2O/c1-10-6-7-13(12(3)11(10)2)8-9-16(5)14(17)15-4/h6-7H,8-9H2,1-5H3,(H,15,17). The number of nitrogens with one attached hydrogen (secondary N) is 1. The normalized spacial score (nSPS) is 10.2. The van der Waals surface area contributed by atoms with E-state index in [-0.39, 0.29) is 6.03 Å². The van der Waals surface area contributed by atoms with Gasteiger partial charge in [0.25, 0.3) is 0 Å². The van der Waals surface area contributed by atoms with Crippen LogP contribution in [0.25, 0.3) is 0 Å². The minimum absolute atomic E-state index is 0.0357. The minimum Gasteiger partial charge on any atom is -0.341 e. The van der Waals surface area contributed by atoms with Gasteiger partial charge < -0.3 is 10.2 Å². The van der Waals surface area contributed by atoms with Crippen molar-refractivity contribution in [3.05, 3.63) is 34.4 Å². The van der Waals surface area contributed by atoms with Gasteiger partial charge in [-0.1, -0.05) is 12.1 Å². The Bertz CT molecular complexity index is 413. The summed E-state index contributed by atoms with van der Waals surface area (Å²) in [5.41, 5.74) is 5.34. The summed E-state index contributed by atoms with van der Waals surface area (Å²) in [6.07, 6.45) is 0.900. The van der Waals surface area contributed by atoms with Crippen LogP contribution < -0.4 is 5.32 Å². The summed E-state index contributed by atoms with van der Waals surface area (Å²) in [4.78, 5) is 13.1. The van der Waals surface area contributed by atoms with Crippen LogP contribution in [0.5, 0.6) is 0 Å². The Hall–Kier alpha value is -1.51. The van der Waals surface area contributed by atoms with Crippen molar-refractivity contribution in [2.24, 2.45) is 0 Å². The molecule has 0 aliphatic heterocycles. The fourth-order valence-corrected chi connectivity index (χ4v) is 1.86. The average molecular weight is 234 g/mol. The van der Waals surface area contributed by atoms with E-state index in [4.69, 9.17) is 0 Å². The molecule has 3 heteroatoms. The van der Waals surface area contributed by atoms with E-state index in [2.05, 4.69) is 38.2 Å². The Morgan fingerprint density at radius 3 is 2.47 bits per heavy atom. The van der Waals surface area contributed by atoms with Crippen molar-refractivity contribution in [1.82, 2.24) is 10.2 Å². The van der Waals surface area contributed by atoms with Gasteiger partial charge in [-0.2, -0.15) is 0 Å². The summed E-state index contributed by atoms with van der Waals surface area (Å²) in [5.74, 6) is 0. The molecule has 0 heterocycles. The number of likely N-dealkylation sites (N-methyl/N-ethyl adjacent to an activating group) is 1. The van der Waals surface area contributed by atoms with Gasteiger partial charge >= 0.3 is 6.03 Å². The van der Waals surface area contributed by atoms with E-state index in [1.807, 2.05) is 7.05 Å². The van der Waals surface area contributed by atoms with E-state index in [1.165, 1.54) is 22.3 Å². The van der Waals surface area contributed by atoms with Crippen LogP contribution >= 0.6 is 0 Å². The molecule has 0 aliphatic rings. The van der Waals surface area contributed by atoms with Gasteiger partial charge in [0.1, 0.15) is 0 Å². The Kier molecular flexibility index (Phi) is 4.55. The Morgan fingerprint density at radius 2 is 1.88 bits per heavy atom. The molecule has 0 saturated heterocycles. The van der Waals surface area contributed by atoms with Crippen molar-refractivity contribution in [3.8, 4) is 0 Å². The number of benzene rings is 1. The minimum atomic E-state index is -0.0357. The van der Waals surface area contributed by atoms with Gasteiger partial charge in [-0.25, -0.2) is 4.79 Å². The van der Waals surface area contributed by atoms with E-state index < -0.39 is 0 Å². The molecule has 0 spiro atoms. The third kappa shape index (κ3) is 3.22. The lowest BCUT2D eigenvalue weighted by atomic mass is 9.97. The van der Waals surface area contributed by atoms with Crippen LogP contribution in [0.4, 0.5) is 4.79 Å². The summed E-state index contributed by atoms with van der Waals surface area (Å²) < 4.78 is 0. The number of rotatable bonds is 3. The molecule has 2 amide bonds. The highest BCUT2D eigenvalue weighted by Gasteiger charge is 2.08. The van der Waals surface area contributed by atoms with Crippen LogP contribution in [0.3, 0.4) is 0 Å². The topological polar surface area (TPSA) is 32.3 Å². The number of aryl methyl sites for hydroxylation is 1. The second kappa shape index (κ2) is 5.71. The maximum Gasteiger partial charge on any atom is 0.316 e. The molecule has 0 saturated carbocycles. The van der Waals surface area contributed by atoms with E-state index in [1.54, 1.807) is 11.9 Å². The number of hydrogen-bond donors (Lipinski definition) is 1. The summed E-state index contributed by atoms with van der Waals surface area (Å²) in [6.45, 7) is 7.17. The molecule has 1 rings (SSSR count). The number of hydrogen-bond acceptors (Lipinski definition) is 1. The monoisotopic (exact) mass is 234 g/mol. The third-order valence-corrected chi connectivity index (χ3v) is 3.45. The number of amides is 2. The number of carbonyl (C=O) groups is 1. The molecule has 1 aromatic rings. The van der Waals surface area contributed by atoms with Crippen molar-refractivity contribution in [1.29, 1.82) is 0 Å². The third-order valence-electron chi connectivity index (χ3n) is 3.45. The molecule has 0 aliphatic carbocycles. The molecular weight excluding hydrogens is 212 g/mol. The summed E-state index contributed by atoms with van der Waals surface area (Å²) in [5, 5.41) is 2.62. The van der Waals surface area contributed by atoms with Gasteiger partial charge in [-0.05, 0) is 49.4 Å². The summed E-state index contributed by atoms with van der Waals surface area (Å²) in [6, 6.07) is 4.28.